The topological polar surface area (TPSA) is 34.4 Å². The van der Waals surface area contributed by atoms with E-state index >= 15 is 0 Å². The molecule has 1 aromatic carbocycles. The molecule has 0 fully saturated rings. The van der Waals surface area contributed by atoms with Gasteiger partial charge in [0.05, 0.1) is 17.1 Å². The number of pyridine rings is 1. The molecular weight excluding hydrogens is 226 g/mol. The zero-order valence-corrected chi connectivity index (χ0v) is 8.52. The van der Waals surface area contributed by atoms with E-state index in [0.717, 1.165) is 10.6 Å². The van der Waals surface area contributed by atoms with Gasteiger partial charge in [0.25, 0.3) is 5.56 Å². The number of hydrogen-bond acceptors (Lipinski definition) is 2. The molecule has 3 nitrogen and oxygen atoms in total. The third-order valence-corrected chi connectivity index (χ3v) is 2.54. The molecule has 0 atom stereocenters. The highest BCUT2D eigenvalue weighted by atomic mass is 19.1. The summed E-state index contributed by atoms with van der Waals surface area (Å²) >= 11 is 0. The van der Waals surface area contributed by atoms with Crippen molar-refractivity contribution < 1.29 is 8.78 Å². The predicted octanol–water partition coefficient (Wildman–Crippen LogP) is 2.13. The number of nitrogens with zero attached hydrogens (tertiary/aromatic N) is 2. The number of fused-ring (bicyclic) bond motifs is 2. The van der Waals surface area contributed by atoms with Crippen LogP contribution in [0.4, 0.5) is 8.78 Å². The molecule has 0 bridgehead atoms. The summed E-state index contributed by atoms with van der Waals surface area (Å²) in [7, 11) is 0. The van der Waals surface area contributed by atoms with Gasteiger partial charge >= 0.3 is 0 Å². The fourth-order valence-electron chi connectivity index (χ4n) is 1.78. The largest absolute Gasteiger partial charge is 0.268 e. The van der Waals surface area contributed by atoms with Crippen molar-refractivity contribution in [3.63, 3.8) is 0 Å². The van der Waals surface area contributed by atoms with Crippen LogP contribution in [0.25, 0.3) is 16.6 Å². The maximum absolute atomic E-state index is 13.5. The lowest BCUT2D eigenvalue weighted by Crippen LogP contribution is -2.16. The van der Waals surface area contributed by atoms with Crippen molar-refractivity contribution in [2.75, 3.05) is 0 Å². The lowest BCUT2D eigenvalue weighted by atomic mass is 10.2. The van der Waals surface area contributed by atoms with E-state index < -0.39 is 17.2 Å². The van der Waals surface area contributed by atoms with Gasteiger partial charge in [-0.05, 0) is 12.1 Å². The Bertz CT molecular complexity index is 795. The SMILES string of the molecule is O=c1c2ccccc2nc2c(F)cc(F)cn12. The number of hydrogen-bond donors (Lipinski definition) is 0. The smallest absolute Gasteiger partial charge is 0.265 e. The Morgan fingerprint density at radius 1 is 1.18 bits per heavy atom. The van der Waals surface area contributed by atoms with Crippen LogP contribution < -0.4 is 5.56 Å². The van der Waals surface area contributed by atoms with E-state index in [9.17, 15) is 13.6 Å². The molecule has 0 aliphatic heterocycles. The summed E-state index contributed by atoms with van der Waals surface area (Å²) in [6, 6.07) is 7.26. The van der Waals surface area contributed by atoms with Gasteiger partial charge in [-0.2, -0.15) is 0 Å². The highest BCUT2D eigenvalue weighted by Gasteiger charge is 2.10. The Kier molecular flexibility index (Phi) is 1.95. The Balaban J connectivity index is 2.64. The molecule has 84 valence electrons. The third-order valence-electron chi connectivity index (χ3n) is 2.54. The second-order valence-electron chi connectivity index (χ2n) is 3.63. The second-order valence-corrected chi connectivity index (χ2v) is 3.63. The number of rotatable bonds is 0. The molecule has 3 rings (SSSR count). The summed E-state index contributed by atoms with van der Waals surface area (Å²) in [5.74, 6) is -1.66. The minimum atomic E-state index is -0.854. The van der Waals surface area contributed by atoms with Crippen molar-refractivity contribution in [1.82, 2.24) is 9.38 Å². The van der Waals surface area contributed by atoms with Crippen LogP contribution in [0.5, 0.6) is 0 Å². The summed E-state index contributed by atoms with van der Waals surface area (Å²) in [6.07, 6.45) is 0.931. The molecule has 0 N–H and O–H groups in total. The number of halogens is 2. The molecule has 0 unspecified atom stereocenters. The molecule has 0 saturated carbocycles. The Hall–Kier alpha value is -2.30. The fourth-order valence-corrected chi connectivity index (χ4v) is 1.78. The zero-order chi connectivity index (χ0) is 12.0. The molecule has 0 aliphatic rings. The monoisotopic (exact) mass is 232 g/mol. The fraction of sp³-hybridized carbons (Fsp3) is 0. The maximum Gasteiger partial charge on any atom is 0.265 e. The molecular formula is C12H6F2N2O. The normalized spacial score (nSPS) is 11.2. The van der Waals surface area contributed by atoms with E-state index in [4.69, 9.17) is 0 Å². The second kappa shape index (κ2) is 3.35. The van der Waals surface area contributed by atoms with Gasteiger partial charge in [-0.15, -0.1) is 0 Å². The summed E-state index contributed by atoms with van der Waals surface area (Å²) < 4.78 is 27.4. The lowest BCUT2D eigenvalue weighted by molar-refractivity contribution is 0.574. The van der Waals surface area contributed by atoms with Crippen LogP contribution in [-0.4, -0.2) is 9.38 Å². The van der Waals surface area contributed by atoms with Gasteiger partial charge in [-0.1, -0.05) is 12.1 Å². The van der Waals surface area contributed by atoms with Gasteiger partial charge in [0.15, 0.2) is 11.5 Å². The van der Waals surface area contributed by atoms with Crippen LogP contribution in [0.3, 0.4) is 0 Å². The molecule has 3 aromatic rings. The van der Waals surface area contributed by atoms with Crippen molar-refractivity contribution in [2.24, 2.45) is 0 Å². The molecule has 0 radical (unpaired) electrons. The van der Waals surface area contributed by atoms with E-state index in [1.807, 2.05) is 0 Å². The summed E-state index contributed by atoms with van der Waals surface area (Å²) in [6.45, 7) is 0. The molecule has 0 aliphatic carbocycles. The van der Waals surface area contributed by atoms with Crippen LogP contribution >= 0.6 is 0 Å². The van der Waals surface area contributed by atoms with E-state index in [1.54, 1.807) is 24.3 Å². The van der Waals surface area contributed by atoms with E-state index in [1.165, 1.54) is 0 Å². The molecule has 17 heavy (non-hydrogen) atoms. The van der Waals surface area contributed by atoms with Crippen molar-refractivity contribution in [3.8, 4) is 0 Å². The zero-order valence-electron chi connectivity index (χ0n) is 8.52. The average molecular weight is 232 g/mol. The van der Waals surface area contributed by atoms with Gasteiger partial charge in [0.1, 0.15) is 5.82 Å². The maximum atomic E-state index is 13.5. The van der Waals surface area contributed by atoms with Gasteiger partial charge < -0.3 is 0 Å². The first-order valence-electron chi connectivity index (χ1n) is 4.93. The van der Waals surface area contributed by atoms with Crippen LogP contribution in [0.15, 0.2) is 41.3 Å². The first-order chi connectivity index (χ1) is 8.16. The third kappa shape index (κ3) is 1.39. The first kappa shape index (κ1) is 9.89. The molecule has 0 spiro atoms. The molecule has 2 aromatic heterocycles. The van der Waals surface area contributed by atoms with E-state index in [0.29, 0.717) is 17.0 Å². The Morgan fingerprint density at radius 2 is 1.94 bits per heavy atom. The number of para-hydroxylation sites is 1. The summed E-state index contributed by atoms with van der Waals surface area (Å²) in [5.41, 5.74) is -0.262. The van der Waals surface area contributed by atoms with Crippen molar-refractivity contribution in [3.05, 3.63) is 58.5 Å². The first-order valence-corrected chi connectivity index (χ1v) is 4.93. The highest BCUT2D eigenvalue weighted by molar-refractivity contribution is 5.79. The number of aromatic nitrogens is 2. The van der Waals surface area contributed by atoms with Gasteiger partial charge in [-0.3, -0.25) is 9.20 Å². The van der Waals surface area contributed by atoms with Gasteiger partial charge in [0, 0.05) is 6.07 Å². The average Bonchev–Trinajstić information content (AvgIpc) is 2.31. The minimum absolute atomic E-state index is 0.171. The van der Waals surface area contributed by atoms with Gasteiger partial charge in [0.2, 0.25) is 0 Å². The molecule has 0 amide bonds. The van der Waals surface area contributed by atoms with Crippen LogP contribution in [-0.2, 0) is 0 Å². The highest BCUT2D eigenvalue weighted by Crippen LogP contribution is 2.12. The van der Waals surface area contributed by atoms with Crippen molar-refractivity contribution in [1.29, 1.82) is 0 Å². The lowest BCUT2D eigenvalue weighted by Gasteiger charge is -2.03. The standard InChI is InChI=1S/C12H6F2N2O/c13-7-5-9(14)11-15-10-4-2-1-3-8(10)12(17)16(11)6-7/h1-6H. The quantitative estimate of drug-likeness (QED) is 0.556. The summed E-state index contributed by atoms with van der Waals surface area (Å²) in [4.78, 5) is 16.0. The predicted molar refractivity (Wildman–Crippen MR) is 58.9 cm³/mol. The Labute approximate surface area is 94.0 Å². The van der Waals surface area contributed by atoms with Crippen LogP contribution in [0.2, 0.25) is 0 Å². The minimum Gasteiger partial charge on any atom is -0.268 e. The van der Waals surface area contributed by atoms with E-state index in [-0.39, 0.29) is 5.65 Å². The molecule has 0 saturated heterocycles. The van der Waals surface area contributed by atoms with Crippen molar-refractivity contribution >= 4 is 16.6 Å². The van der Waals surface area contributed by atoms with E-state index in [2.05, 4.69) is 4.98 Å². The van der Waals surface area contributed by atoms with Crippen LogP contribution in [0.1, 0.15) is 0 Å². The van der Waals surface area contributed by atoms with Crippen LogP contribution in [0, 0.1) is 11.6 Å². The van der Waals surface area contributed by atoms with Crippen molar-refractivity contribution in [2.45, 2.75) is 0 Å². The Morgan fingerprint density at radius 3 is 2.76 bits per heavy atom. The molecule has 5 heteroatoms. The molecule has 2 heterocycles. The summed E-state index contributed by atoms with van der Waals surface area (Å²) in [5, 5.41) is 0.329. The van der Waals surface area contributed by atoms with Gasteiger partial charge in [-0.25, -0.2) is 13.8 Å². The number of benzene rings is 1.